The average molecular weight is 386 g/mol. The highest BCUT2D eigenvalue weighted by Gasteiger charge is 2.27. The second-order valence-electron chi connectivity index (χ2n) is 5.51. The third-order valence-electron chi connectivity index (χ3n) is 3.16. The van der Waals surface area contributed by atoms with Gasteiger partial charge in [-0.15, -0.1) is 11.3 Å². The predicted molar refractivity (Wildman–Crippen MR) is 92.5 cm³/mol. The summed E-state index contributed by atoms with van der Waals surface area (Å²) in [6.45, 7) is -0.0596. The van der Waals surface area contributed by atoms with Crippen LogP contribution in [0.15, 0.2) is 41.8 Å². The zero-order valence-electron chi connectivity index (χ0n) is 13.8. The number of carbonyl (C=O) groups is 2. The molecular formula is C17H17F3N2O3S. The van der Waals surface area contributed by atoms with Gasteiger partial charge in [0, 0.05) is 17.3 Å². The highest BCUT2D eigenvalue weighted by molar-refractivity contribution is 7.12. The van der Waals surface area contributed by atoms with Crippen molar-refractivity contribution in [1.29, 1.82) is 0 Å². The lowest BCUT2D eigenvalue weighted by molar-refractivity contribution is -0.174. The molecule has 140 valence electrons. The Morgan fingerprint density at radius 1 is 1.15 bits per heavy atom. The number of thiophene rings is 1. The number of carbonyl (C=O) groups excluding carboxylic acids is 2. The minimum absolute atomic E-state index is 0.243. The molecule has 0 aliphatic rings. The summed E-state index contributed by atoms with van der Waals surface area (Å²) >= 11 is 1.31. The van der Waals surface area contributed by atoms with Gasteiger partial charge < -0.3 is 15.4 Å². The smallest absolute Gasteiger partial charge is 0.370 e. The van der Waals surface area contributed by atoms with Crippen molar-refractivity contribution in [2.45, 2.75) is 19.1 Å². The van der Waals surface area contributed by atoms with Gasteiger partial charge in [0.2, 0.25) is 0 Å². The normalized spacial score (nSPS) is 12.5. The van der Waals surface area contributed by atoms with Crippen LogP contribution in [0.5, 0.6) is 0 Å². The Labute approximate surface area is 152 Å². The molecule has 1 atom stereocenters. The van der Waals surface area contributed by atoms with Gasteiger partial charge in [0.05, 0.1) is 11.5 Å². The summed E-state index contributed by atoms with van der Waals surface area (Å²) in [5.74, 6) is -0.683. The third-order valence-corrected chi connectivity index (χ3v) is 4.03. The SMILES string of the molecule is CC(COCC(F)(F)F)NC(=O)c1ccc(NC(=O)c2cccs2)cc1. The molecular weight excluding hydrogens is 369 g/mol. The second-order valence-corrected chi connectivity index (χ2v) is 6.46. The zero-order valence-corrected chi connectivity index (χ0v) is 14.6. The lowest BCUT2D eigenvalue weighted by atomic mass is 10.2. The molecule has 0 fully saturated rings. The molecule has 0 aliphatic heterocycles. The quantitative estimate of drug-likeness (QED) is 0.763. The zero-order chi connectivity index (χ0) is 19.2. The summed E-state index contributed by atoms with van der Waals surface area (Å²) in [6.07, 6.45) is -4.40. The van der Waals surface area contributed by atoms with Gasteiger partial charge in [-0.25, -0.2) is 0 Å². The number of hydrogen-bond donors (Lipinski definition) is 2. The maximum atomic E-state index is 12.1. The molecule has 0 bridgehead atoms. The summed E-state index contributed by atoms with van der Waals surface area (Å²) in [4.78, 5) is 24.6. The summed E-state index contributed by atoms with van der Waals surface area (Å²) in [6, 6.07) is 9.07. The minimum Gasteiger partial charge on any atom is -0.370 e. The van der Waals surface area contributed by atoms with Gasteiger partial charge in [-0.05, 0) is 42.6 Å². The van der Waals surface area contributed by atoms with E-state index in [0.717, 1.165) is 0 Å². The molecule has 26 heavy (non-hydrogen) atoms. The van der Waals surface area contributed by atoms with Crippen molar-refractivity contribution in [3.05, 3.63) is 52.2 Å². The molecule has 1 heterocycles. The summed E-state index contributed by atoms with van der Waals surface area (Å²) in [5.41, 5.74) is 0.850. The van der Waals surface area contributed by atoms with Gasteiger partial charge in [0.25, 0.3) is 11.8 Å². The number of hydrogen-bond acceptors (Lipinski definition) is 4. The Balaban J connectivity index is 1.83. The Morgan fingerprint density at radius 2 is 1.85 bits per heavy atom. The largest absolute Gasteiger partial charge is 0.411 e. The number of alkyl halides is 3. The van der Waals surface area contributed by atoms with E-state index in [0.29, 0.717) is 16.1 Å². The fourth-order valence-corrected chi connectivity index (χ4v) is 2.62. The lowest BCUT2D eigenvalue weighted by Crippen LogP contribution is -2.36. The highest BCUT2D eigenvalue weighted by atomic mass is 32.1. The Hall–Kier alpha value is -2.39. The lowest BCUT2D eigenvalue weighted by Gasteiger charge is -2.15. The van der Waals surface area contributed by atoms with Crippen molar-refractivity contribution in [1.82, 2.24) is 5.32 Å². The second kappa shape index (κ2) is 8.81. The Kier molecular flexibility index (Phi) is 6.76. The maximum absolute atomic E-state index is 12.1. The van der Waals surface area contributed by atoms with Crippen LogP contribution in [-0.4, -0.2) is 37.2 Å². The van der Waals surface area contributed by atoms with Crippen LogP contribution in [0.3, 0.4) is 0 Å². The third kappa shape index (κ3) is 6.49. The molecule has 0 saturated carbocycles. The molecule has 1 unspecified atom stereocenters. The first-order valence-electron chi connectivity index (χ1n) is 7.65. The fraction of sp³-hybridized carbons (Fsp3) is 0.294. The van der Waals surface area contributed by atoms with E-state index >= 15 is 0 Å². The summed E-state index contributed by atoms with van der Waals surface area (Å²) in [5, 5.41) is 7.05. The van der Waals surface area contributed by atoms with Crippen molar-refractivity contribution in [2.75, 3.05) is 18.5 Å². The number of rotatable bonds is 7. The molecule has 9 heteroatoms. The van der Waals surface area contributed by atoms with Gasteiger partial charge in [-0.3, -0.25) is 9.59 Å². The summed E-state index contributed by atoms with van der Waals surface area (Å²) < 4.78 is 40.5. The molecule has 1 aromatic heterocycles. The molecule has 0 spiro atoms. The molecule has 2 amide bonds. The van der Waals surface area contributed by atoms with Crippen LogP contribution in [0.1, 0.15) is 27.0 Å². The van der Waals surface area contributed by atoms with Crippen molar-refractivity contribution >= 4 is 28.8 Å². The van der Waals surface area contributed by atoms with Crippen molar-refractivity contribution in [3.8, 4) is 0 Å². The van der Waals surface area contributed by atoms with E-state index in [2.05, 4.69) is 15.4 Å². The van der Waals surface area contributed by atoms with Crippen molar-refractivity contribution in [3.63, 3.8) is 0 Å². The number of halogens is 3. The van der Waals surface area contributed by atoms with E-state index in [9.17, 15) is 22.8 Å². The van der Waals surface area contributed by atoms with Gasteiger partial charge in [0.15, 0.2) is 0 Å². The van der Waals surface area contributed by atoms with E-state index in [1.165, 1.54) is 23.5 Å². The standard InChI is InChI=1S/C17H17F3N2O3S/c1-11(9-25-10-17(18,19)20)21-15(23)12-4-6-13(7-5-12)22-16(24)14-3-2-8-26-14/h2-8,11H,9-10H2,1H3,(H,21,23)(H,22,24). The van der Waals surface area contributed by atoms with Crippen molar-refractivity contribution < 1.29 is 27.5 Å². The first kappa shape index (κ1) is 19.9. The predicted octanol–water partition coefficient (Wildman–Crippen LogP) is 3.70. The summed E-state index contributed by atoms with van der Waals surface area (Å²) in [7, 11) is 0. The first-order valence-corrected chi connectivity index (χ1v) is 8.53. The van der Waals surface area contributed by atoms with E-state index in [1.807, 2.05) is 0 Å². The molecule has 0 radical (unpaired) electrons. The van der Waals surface area contributed by atoms with Crippen LogP contribution in [0.2, 0.25) is 0 Å². The highest BCUT2D eigenvalue weighted by Crippen LogP contribution is 2.15. The number of amides is 2. The van der Waals surface area contributed by atoms with Crippen LogP contribution in [0, 0.1) is 0 Å². The number of ether oxygens (including phenoxy) is 1. The number of nitrogens with one attached hydrogen (secondary N) is 2. The minimum atomic E-state index is -4.40. The molecule has 2 aromatic rings. The molecule has 2 N–H and O–H groups in total. The van der Waals surface area contributed by atoms with Gasteiger partial charge in [-0.1, -0.05) is 6.07 Å². The van der Waals surface area contributed by atoms with Crippen LogP contribution in [-0.2, 0) is 4.74 Å². The maximum Gasteiger partial charge on any atom is 0.411 e. The molecule has 1 aromatic carbocycles. The molecule has 5 nitrogen and oxygen atoms in total. The van der Waals surface area contributed by atoms with E-state index in [-0.39, 0.29) is 12.5 Å². The van der Waals surface area contributed by atoms with Gasteiger partial charge >= 0.3 is 6.18 Å². The fourth-order valence-electron chi connectivity index (χ4n) is 2.01. The van der Waals surface area contributed by atoms with E-state index in [1.54, 1.807) is 36.6 Å². The van der Waals surface area contributed by atoms with Crippen LogP contribution < -0.4 is 10.6 Å². The van der Waals surface area contributed by atoms with Crippen LogP contribution >= 0.6 is 11.3 Å². The van der Waals surface area contributed by atoms with E-state index in [4.69, 9.17) is 0 Å². The number of anilines is 1. The van der Waals surface area contributed by atoms with Gasteiger partial charge in [-0.2, -0.15) is 13.2 Å². The Bertz CT molecular complexity index is 731. The van der Waals surface area contributed by atoms with Gasteiger partial charge in [0.1, 0.15) is 6.61 Å². The van der Waals surface area contributed by atoms with Crippen LogP contribution in [0.4, 0.5) is 18.9 Å². The first-order chi connectivity index (χ1) is 12.2. The monoisotopic (exact) mass is 386 g/mol. The molecule has 0 saturated heterocycles. The topological polar surface area (TPSA) is 67.4 Å². The molecule has 0 aliphatic carbocycles. The average Bonchev–Trinajstić information content (AvgIpc) is 3.08. The number of benzene rings is 1. The van der Waals surface area contributed by atoms with Crippen molar-refractivity contribution in [2.24, 2.45) is 0 Å². The van der Waals surface area contributed by atoms with Crippen LogP contribution in [0.25, 0.3) is 0 Å². The Morgan fingerprint density at radius 3 is 2.42 bits per heavy atom. The molecule has 2 rings (SSSR count). The van der Waals surface area contributed by atoms with E-state index < -0.39 is 24.7 Å².